The predicted molar refractivity (Wildman–Crippen MR) is 53.0 cm³/mol. The highest BCUT2D eigenvalue weighted by molar-refractivity contribution is 5.85. The van der Waals surface area contributed by atoms with Crippen LogP contribution in [0.1, 0.15) is 19.3 Å². The molecule has 6 heteroatoms. The Labute approximate surface area is 84.5 Å². The molecule has 0 aromatic rings. The zero-order chi connectivity index (χ0) is 7.98. The molecule has 0 unspecified atom stereocenters. The van der Waals surface area contributed by atoms with E-state index in [0.717, 1.165) is 12.8 Å². The van der Waals surface area contributed by atoms with Crippen molar-refractivity contribution in [3.8, 4) is 0 Å². The molecule has 0 aromatic heterocycles. The van der Waals surface area contributed by atoms with Crippen LogP contribution in [0.5, 0.6) is 0 Å². The summed E-state index contributed by atoms with van der Waals surface area (Å²) < 4.78 is 0. The minimum atomic E-state index is -0.933. The minimum absolute atomic E-state index is 0. The van der Waals surface area contributed by atoms with Crippen LogP contribution in [-0.2, 0) is 4.79 Å². The van der Waals surface area contributed by atoms with Gasteiger partial charge in [-0.1, -0.05) is 6.42 Å². The van der Waals surface area contributed by atoms with E-state index in [1.807, 2.05) is 0 Å². The van der Waals surface area contributed by atoms with Gasteiger partial charge < -0.3 is 16.6 Å². The van der Waals surface area contributed by atoms with Crippen molar-refractivity contribution in [1.29, 1.82) is 0 Å². The predicted octanol–water partition coefficient (Wildman–Crippen LogP) is 0.371. The number of aliphatic carboxylic acids is 1. The second-order valence-corrected chi connectivity index (χ2v) is 2.23. The summed E-state index contributed by atoms with van der Waals surface area (Å²) in [6.45, 7) is 0.604. The number of nitrogens with two attached hydrogens (primary N) is 2. The van der Waals surface area contributed by atoms with E-state index in [-0.39, 0.29) is 24.8 Å². The van der Waals surface area contributed by atoms with Crippen molar-refractivity contribution in [2.45, 2.75) is 25.3 Å². The third-order valence-electron chi connectivity index (χ3n) is 1.29. The van der Waals surface area contributed by atoms with Gasteiger partial charge in [0.2, 0.25) is 0 Å². The van der Waals surface area contributed by atoms with Gasteiger partial charge in [-0.2, -0.15) is 0 Å². The molecule has 12 heavy (non-hydrogen) atoms. The van der Waals surface area contributed by atoms with Crippen LogP contribution in [-0.4, -0.2) is 23.7 Å². The monoisotopic (exact) mass is 219 g/mol. The third kappa shape index (κ3) is 9.97. The number of carboxylic acid groups (broad SMARTS) is 1. The Bertz CT molecular complexity index is 114. The van der Waals surface area contributed by atoms with Gasteiger partial charge in [0.1, 0.15) is 6.04 Å². The molecule has 0 bridgehead atoms. The number of halogens is 2. The lowest BCUT2D eigenvalue weighted by Crippen LogP contribution is -2.29. The summed E-state index contributed by atoms with van der Waals surface area (Å²) in [6, 6.07) is -0.716. The number of hydrogen-bond acceptors (Lipinski definition) is 3. The Balaban J connectivity index is -0.000000405. The first-order valence-electron chi connectivity index (χ1n) is 3.37. The molecule has 5 N–H and O–H groups in total. The summed E-state index contributed by atoms with van der Waals surface area (Å²) >= 11 is 0. The van der Waals surface area contributed by atoms with Crippen molar-refractivity contribution in [2.75, 3.05) is 6.54 Å². The van der Waals surface area contributed by atoms with Gasteiger partial charge in [0.25, 0.3) is 0 Å². The van der Waals surface area contributed by atoms with Crippen LogP contribution < -0.4 is 11.5 Å². The van der Waals surface area contributed by atoms with Crippen molar-refractivity contribution < 1.29 is 9.90 Å². The maximum atomic E-state index is 10.1. The SMILES string of the molecule is Cl.Cl.NCCCC[C@H]([15NH2])C(=O)O. The Morgan fingerprint density at radius 1 is 1.33 bits per heavy atom. The number of unbranched alkanes of at least 4 members (excludes halogenated alkanes) is 1. The molecular formula is C6H16Cl2N2O2. The van der Waals surface area contributed by atoms with E-state index in [4.69, 9.17) is 16.6 Å². The molecule has 0 amide bonds. The summed E-state index contributed by atoms with van der Waals surface area (Å²) in [5.41, 5.74) is 10.4. The second-order valence-electron chi connectivity index (χ2n) is 2.23. The topological polar surface area (TPSA) is 89.3 Å². The van der Waals surface area contributed by atoms with E-state index in [1.54, 1.807) is 0 Å². The maximum Gasteiger partial charge on any atom is 0.320 e. The Morgan fingerprint density at radius 2 is 1.83 bits per heavy atom. The van der Waals surface area contributed by atoms with Crippen LogP contribution in [0.2, 0.25) is 0 Å². The molecule has 0 saturated carbocycles. The van der Waals surface area contributed by atoms with Crippen molar-refractivity contribution in [3.05, 3.63) is 0 Å². The molecular weight excluding hydrogens is 204 g/mol. The van der Waals surface area contributed by atoms with Gasteiger partial charge in [0.15, 0.2) is 0 Å². The molecule has 0 aliphatic heterocycles. The van der Waals surface area contributed by atoms with Crippen molar-refractivity contribution >= 4 is 30.8 Å². The molecule has 0 fully saturated rings. The lowest BCUT2D eigenvalue weighted by atomic mass is 10.1. The highest BCUT2D eigenvalue weighted by Gasteiger charge is 2.09. The average Bonchev–Trinajstić information content (AvgIpc) is 1.88. The van der Waals surface area contributed by atoms with Gasteiger partial charge in [-0.25, -0.2) is 0 Å². The second kappa shape index (κ2) is 11.0. The molecule has 1 atom stereocenters. The minimum Gasteiger partial charge on any atom is -0.480 e. The molecule has 0 saturated heterocycles. The molecule has 0 spiro atoms. The van der Waals surface area contributed by atoms with Crippen molar-refractivity contribution in [3.63, 3.8) is 0 Å². The smallest absolute Gasteiger partial charge is 0.320 e. The van der Waals surface area contributed by atoms with Gasteiger partial charge in [-0.3, -0.25) is 4.79 Å². The van der Waals surface area contributed by atoms with Crippen molar-refractivity contribution in [2.24, 2.45) is 11.5 Å². The van der Waals surface area contributed by atoms with Crippen LogP contribution in [0.4, 0.5) is 0 Å². The van der Waals surface area contributed by atoms with E-state index < -0.39 is 12.0 Å². The highest BCUT2D eigenvalue weighted by Crippen LogP contribution is 1.96. The van der Waals surface area contributed by atoms with E-state index in [9.17, 15) is 4.79 Å². The van der Waals surface area contributed by atoms with E-state index in [2.05, 4.69) is 0 Å². The summed E-state index contributed by atoms with van der Waals surface area (Å²) in [5.74, 6) is -0.933. The Morgan fingerprint density at radius 3 is 2.17 bits per heavy atom. The summed E-state index contributed by atoms with van der Waals surface area (Å²) in [4.78, 5) is 10.1. The van der Waals surface area contributed by atoms with Crippen LogP contribution >= 0.6 is 24.8 Å². The number of hydrogen-bond donors (Lipinski definition) is 3. The molecule has 4 nitrogen and oxygen atoms in total. The van der Waals surface area contributed by atoms with E-state index >= 15 is 0 Å². The standard InChI is InChI=1S/C6H14N2O2.2ClH/c7-4-2-1-3-5(8)6(9)10;;/h5H,1-4,7-8H2,(H,9,10);2*1H/t5-;;/m0../s1/i8+1;;. The Hall–Kier alpha value is -0.0300. The van der Waals surface area contributed by atoms with Crippen LogP contribution in [0.15, 0.2) is 0 Å². The van der Waals surface area contributed by atoms with Crippen LogP contribution in [0.3, 0.4) is 0 Å². The number of rotatable bonds is 5. The zero-order valence-electron chi connectivity index (χ0n) is 6.73. The van der Waals surface area contributed by atoms with Gasteiger partial charge >= 0.3 is 5.97 Å². The summed E-state index contributed by atoms with van der Waals surface area (Å²) in [7, 11) is 0. The Kier molecular flexibility index (Phi) is 16.4. The molecule has 0 rings (SSSR count). The van der Waals surface area contributed by atoms with Gasteiger partial charge in [-0.15, -0.1) is 24.8 Å². The van der Waals surface area contributed by atoms with Gasteiger partial charge in [0.05, 0.1) is 0 Å². The fraction of sp³-hybridized carbons (Fsp3) is 0.833. The first-order valence-corrected chi connectivity index (χ1v) is 3.37. The van der Waals surface area contributed by atoms with Crippen LogP contribution in [0.25, 0.3) is 0 Å². The third-order valence-corrected chi connectivity index (χ3v) is 1.29. The first kappa shape index (κ1) is 17.9. The fourth-order valence-corrected chi connectivity index (χ4v) is 0.632. The van der Waals surface area contributed by atoms with E-state index in [1.165, 1.54) is 0 Å². The molecule has 0 aliphatic carbocycles. The zero-order valence-corrected chi connectivity index (χ0v) is 8.37. The molecule has 0 aromatic carbocycles. The molecule has 0 radical (unpaired) electrons. The van der Waals surface area contributed by atoms with Crippen molar-refractivity contribution in [1.82, 2.24) is 0 Å². The quantitative estimate of drug-likeness (QED) is 0.461. The lowest BCUT2D eigenvalue weighted by molar-refractivity contribution is -0.138. The fourth-order valence-electron chi connectivity index (χ4n) is 0.632. The molecule has 0 heterocycles. The summed E-state index contributed by atoms with van der Waals surface area (Å²) in [6.07, 6.45) is 2.16. The number of carbonyl (C=O) groups is 1. The first-order chi connectivity index (χ1) is 4.68. The van der Waals surface area contributed by atoms with Gasteiger partial charge in [0, 0.05) is 0 Å². The average molecular weight is 220 g/mol. The maximum absolute atomic E-state index is 10.1. The highest BCUT2D eigenvalue weighted by atomic mass is 35.5. The van der Waals surface area contributed by atoms with Crippen LogP contribution in [0, 0.1) is 0 Å². The lowest BCUT2D eigenvalue weighted by Gasteiger charge is -2.03. The number of carboxylic acids is 1. The normalized spacial score (nSPS) is 10.8. The molecule has 76 valence electrons. The summed E-state index contributed by atoms with van der Waals surface area (Å²) in [5, 5.41) is 8.33. The molecule has 0 aliphatic rings. The van der Waals surface area contributed by atoms with Gasteiger partial charge in [-0.05, 0) is 19.4 Å². The largest absolute Gasteiger partial charge is 0.480 e. The van der Waals surface area contributed by atoms with E-state index in [0.29, 0.717) is 13.0 Å².